The van der Waals surface area contributed by atoms with E-state index in [0.29, 0.717) is 6.29 Å². The van der Waals surface area contributed by atoms with Gasteiger partial charge in [-0.2, -0.15) is 21.6 Å². The SMILES string of the molecule is O=CCC(Cl)C(COCc1ccccc1)OS(=O)(=O)C(F)(F)F. The average molecular weight is 375 g/mol. The summed E-state index contributed by atoms with van der Waals surface area (Å²) in [5.74, 6) is 0. The number of halogens is 4. The largest absolute Gasteiger partial charge is 0.523 e. The lowest BCUT2D eigenvalue weighted by Crippen LogP contribution is -2.37. The number of hydrogen-bond acceptors (Lipinski definition) is 5. The second-order valence-corrected chi connectivity index (χ2v) is 6.58. The summed E-state index contributed by atoms with van der Waals surface area (Å²) in [5, 5.41) is -1.28. The summed E-state index contributed by atoms with van der Waals surface area (Å²) in [7, 11) is -5.84. The Balaban J connectivity index is 2.71. The zero-order valence-corrected chi connectivity index (χ0v) is 13.3. The molecule has 0 bridgehead atoms. The Morgan fingerprint density at radius 2 is 1.83 bits per heavy atom. The molecule has 0 N–H and O–H groups in total. The van der Waals surface area contributed by atoms with Crippen molar-refractivity contribution in [2.24, 2.45) is 0 Å². The van der Waals surface area contributed by atoms with Crippen LogP contribution in [0, 0.1) is 0 Å². The number of carbonyl (C=O) groups excluding carboxylic acids is 1. The fourth-order valence-corrected chi connectivity index (χ4v) is 2.40. The maximum atomic E-state index is 12.4. The maximum Gasteiger partial charge on any atom is 0.523 e. The van der Waals surface area contributed by atoms with Crippen molar-refractivity contribution >= 4 is 28.0 Å². The van der Waals surface area contributed by atoms with Crippen molar-refractivity contribution in [2.45, 2.75) is 30.0 Å². The minimum atomic E-state index is -5.84. The van der Waals surface area contributed by atoms with Gasteiger partial charge in [-0.05, 0) is 5.56 Å². The highest BCUT2D eigenvalue weighted by atomic mass is 35.5. The summed E-state index contributed by atoms with van der Waals surface area (Å²) in [6, 6.07) is 8.66. The quantitative estimate of drug-likeness (QED) is 0.287. The van der Waals surface area contributed by atoms with Crippen molar-refractivity contribution in [3.8, 4) is 0 Å². The predicted molar refractivity (Wildman–Crippen MR) is 76.3 cm³/mol. The Kier molecular flexibility index (Phi) is 7.46. The Bertz CT molecular complexity index is 591. The van der Waals surface area contributed by atoms with Gasteiger partial charge in [0.25, 0.3) is 0 Å². The molecule has 0 aliphatic heterocycles. The van der Waals surface area contributed by atoms with E-state index >= 15 is 0 Å². The molecular formula is C13H14ClF3O5S. The molecule has 2 unspecified atom stereocenters. The van der Waals surface area contributed by atoms with Crippen LogP contribution in [0.4, 0.5) is 13.2 Å². The molecule has 0 aliphatic rings. The van der Waals surface area contributed by atoms with Crippen molar-refractivity contribution in [3.63, 3.8) is 0 Å². The van der Waals surface area contributed by atoms with Crippen LogP contribution in [0.1, 0.15) is 12.0 Å². The second-order valence-electron chi connectivity index (χ2n) is 4.45. The highest BCUT2D eigenvalue weighted by molar-refractivity contribution is 7.87. The van der Waals surface area contributed by atoms with Crippen LogP contribution in [0.2, 0.25) is 0 Å². The molecule has 0 heterocycles. The Labute approximate surface area is 136 Å². The molecule has 1 aromatic carbocycles. The molecule has 0 fully saturated rings. The van der Waals surface area contributed by atoms with Crippen molar-refractivity contribution < 1.29 is 35.3 Å². The van der Waals surface area contributed by atoms with Crippen LogP contribution in [0.25, 0.3) is 0 Å². The molecule has 0 spiro atoms. The number of hydrogen-bond donors (Lipinski definition) is 0. The second kappa shape index (κ2) is 8.62. The first-order valence-electron chi connectivity index (χ1n) is 6.36. The van der Waals surface area contributed by atoms with E-state index in [1.54, 1.807) is 30.3 Å². The van der Waals surface area contributed by atoms with Gasteiger partial charge >= 0.3 is 15.6 Å². The predicted octanol–water partition coefficient (Wildman–Crippen LogP) is 2.63. The maximum absolute atomic E-state index is 12.4. The van der Waals surface area contributed by atoms with Gasteiger partial charge in [-0.3, -0.25) is 4.18 Å². The van der Waals surface area contributed by atoms with Gasteiger partial charge < -0.3 is 9.53 Å². The lowest BCUT2D eigenvalue weighted by Gasteiger charge is -2.21. The average Bonchev–Trinajstić information content (AvgIpc) is 2.46. The van der Waals surface area contributed by atoms with Gasteiger partial charge in [0.1, 0.15) is 12.4 Å². The Hall–Kier alpha value is -1.16. The van der Waals surface area contributed by atoms with E-state index in [-0.39, 0.29) is 13.0 Å². The third kappa shape index (κ3) is 6.46. The van der Waals surface area contributed by atoms with Crippen molar-refractivity contribution in [2.75, 3.05) is 6.61 Å². The number of aldehydes is 1. The molecule has 0 amide bonds. The summed E-state index contributed by atoms with van der Waals surface area (Å²) < 4.78 is 68.4. The van der Waals surface area contributed by atoms with E-state index in [1.807, 2.05) is 0 Å². The molecule has 130 valence electrons. The van der Waals surface area contributed by atoms with E-state index in [1.165, 1.54) is 0 Å². The highest BCUT2D eigenvalue weighted by Crippen LogP contribution is 2.27. The Morgan fingerprint density at radius 3 is 2.35 bits per heavy atom. The molecule has 5 nitrogen and oxygen atoms in total. The van der Waals surface area contributed by atoms with E-state index < -0.39 is 33.7 Å². The number of benzene rings is 1. The smallest absolute Gasteiger partial charge is 0.374 e. The van der Waals surface area contributed by atoms with Crippen molar-refractivity contribution in [1.29, 1.82) is 0 Å². The first-order valence-corrected chi connectivity index (χ1v) is 8.21. The van der Waals surface area contributed by atoms with Gasteiger partial charge in [0.05, 0.1) is 18.6 Å². The molecule has 23 heavy (non-hydrogen) atoms. The summed E-state index contributed by atoms with van der Waals surface area (Å²) in [6.45, 7) is -0.496. The summed E-state index contributed by atoms with van der Waals surface area (Å²) in [5.41, 5.74) is -4.85. The third-order valence-electron chi connectivity index (χ3n) is 2.65. The van der Waals surface area contributed by atoms with Gasteiger partial charge in [-0.25, -0.2) is 0 Å². The van der Waals surface area contributed by atoms with Crippen molar-refractivity contribution in [3.05, 3.63) is 35.9 Å². The van der Waals surface area contributed by atoms with E-state index in [4.69, 9.17) is 16.3 Å². The van der Waals surface area contributed by atoms with Crippen LogP contribution >= 0.6 is 11.6 Å². The molecule has 0 radical (unpaired) electrons. The first kappa shape index (κ1) is 19.9. The molecule has 0 saturated carbocycles. The van der Waals surface area contributed by atoms with Crippen LogP contribution < -0.4 is 0 Å². The van der Waals surface area contributed by atoms with E-state index in [0.717, 1.165) is 5.56 Å². The molecule has 2 atom stereocenters. The monoisotopic (exact) mass is 374 g/mol. The van der Waals surface area contributed by atoms with E-state index in [2.05, 4.69) is 4.18 Å². The van der Waals surface area contributed by atoms with Crippen molar-refractivity contribution in [1.82, 2.24) is 0 Å². The molecular weight excluding hydrogens is 361 g/mol. The number of ether oxygens (including phenoxy) is 1. The fourth-order valence-electron chi connectivity index (χ4n) is 1.52. The van der Waals surface area contributed by atoms with Crippen LogP contribution in [-0.4, -0.2) is 38.3 Å². The molecule has 0 aromatic heterocycles. The van der Waals surface area contributed by atoms with Gasteiger partial charge in [-0.1, -0.05) is 30.3 Å². The molecule has 1 rings (SSSR count). The number of rotatable bonds is 9. The van der Waals surface area contributed by atoms with Crippen LogP contribution in [-0.2, 0) is 30.4 Å². The van der Waals surface area contributed by atoms with Gasteiger partial charge in [0.15, 0.2) is 0 Å². The topological polar surface area (TPSA) is 69.7 Å². The normalized spacial score (nSPS) is 15.1. The standard InChI is InChI=1S/C13H14ClF3O5S/c14-11(6-7-18)12(22-23(19,20)13(15,16)17)9-21-8-10-4-2-1-3-5-10/h1-5,7,11-12H,6,8-9H2. The minimum absolute atomic E-state index is 0.0253. The lowest BCUT2D eigenvalue weighted by atomic mass is 10.2. The zero-order valence-electron chi connectivity index (χ0n) is 11.7. The van der Waals surface area contributed by atoms with E-state index in [9.17, 15) is 26.4 Å². The number of alkyl halides is 4. The first-order chi connectivity index (χ1) is 10.7. The van der Waals surface area contributed by atoms with Crippen LogP contribution in [0.3, 0.4) is 0 Å². The molecule has 0 saturated heterocycles. The zero-order chi connectivity index (χ0) is 17.5. The summed E-state index contributed by atoms with van der Waals surface area (Å²) >= 11 is 5.72. The fraction of sp³-hybridized carbons (Fsp3) is 0.462. The van der Waals surface area contributed by atoms with Crippen LogP contribution in [0.5, 0.6) is 0 Å². The van der Waals surface area contributed by atoms with Gasteiger partial charge in [0, 0.05) is 6.42 Å². The molecule has 1 aromatic rings. The minimum Gasteiger partial charge on any atom is -0.374 e. The van der Waals surface area contributed by atoms with Gasteiger partial charge in [-0.15, -0.1) is 11.6 Å². The molecule has 0 aliphatic carbocycles. The summed E-state index contributed by atoms with van der Waals surface area (Å²) in [6.07, 6.45) is -1.67. The Morgan fingerprint density at radius 1 is 1.22 bits per heavy atom. The summed E-state index contributed by atoms with van der Waals surface area (Å²) in [4.78, 5) is 10.4. The lowest BCUT2D eigenvalue weighted by molar-refractivity contribution is -0.108. The van der Waals surface area contributed by atoms with Gasteiger partial charge in [0.2, 0.25) is 0 Å². The number of carbonyl (C=O) groups is 1. The van der Waals surface area contributed by atoms with Crippen LogP contribution in [0.15, 0.2) is 30.3 Å². The molecule has 10 heteroatoms. The highest BCUT2D eigenvalue weighted by Gasteiger charge is 2.49. The third-order valence-corrected chi connectivity index (χ3v) is 4.18.